The fourth-order valence-corrected chi connectivity index (χ4v) is 3.30. The first kappa shape index (κ1) is 17.0. The van der Waals surface area contributed by atoms with Crippen molar-refractivity contribution in [1.29, 1.82) is 0 Å². The first-order valence-electron chi connectivity index (χ1n) is 8.63. The predicted molar refractivity (Wildman–Crippen MR) is 101 cm³/mol. The summed E-state index contributed by atoms with van der Waals surface area (Å²) in [7, 11) is 1.74. The number of carbonyl (C=O) groups excluding carboxylic acids is 1. The lowest BCUT2D eigenvalue weighted by atomic mass is 9.91. The molecule has 5 nitrogen and oxygen atoms in total. The van der Waals surface area contributed by atoms with E-state index in [0.29, 0.717) is 5.56 Å². The third kappa shape index (κ3) is 3.22. The van der Waals surface area contributed by atoms with E-state index in [-0.39, 0.29) is 5.69 Å². The Morgan fingerprint density at radius 2 is 2.00 bits per heavy atom. The average molecular weight is 337 g/mol. The summed E-state index contributed by atoms with van der Waals surface area (Å²) in [6, 6.07) is 11.5. The number of hydrogen-bond acceptors (Lipinski definition) is 2. The van der Waals surface area contributed by atoms with Crippen LogP contribution >= 0.6 is 0 Å². The molecule has 3 N–H and O–H groups in total. The zero-order valence-electron chi connectivity index (χ0n) is 14.6. The van der Waals surface area contributed by atoms with Crippen LogP contribution in [0.1, 0.15) is 42.1 Å². The molecule has 1 heterocycles. The van der Waals surface area contributed by atoms with E-state index in [2.05, 4.69) is 11.9 Å². The minimum atomic E-state index is -0.400. The second kappa shape index (κ2) is 6.97. The molecular formula is C20H23N3O2. The largest absolute Gasteiger partial charge is 0.366 e. The molecule has 0 bridgehead atoms. The molecule has 0 unspecified atom stereocenters. The SMILES string of the molecule is CCCCCc1c(C(N)=O)cccc1-c1ccc2[nH]c(=O)n(C)c2c1. The van der Waals surface area contributed by atoms with Crippen LogP contribution in [0.25, 0.3) is 22.2 Å². The Bertz CT molecular complexity index is 982. The Kier molecular flexibility index (Phi) is 4.74. The fraction of sp³-hybridized carbons (Fsp3) is 0.300. The van der Waals surface area contributed by atoms with Gasteiger partial charge in [0.1, 0.15) is 0 Å². The number of nitrogens with one attached hydrogen (secondary N) is 1. The van der Waals surface area contributed by atoms with Gasteiger partial charge < -0.3 is 10.7 Å². The maximum Gasteiger partial charge on any atom is 0.326 e. The molecule has 3 aromatic rings. The molecule has 0 saturated carbocycles. The quantitative estimate of drug-likeness (QED) is 0.676. The molecule has 0 saturated heterocycles. The Morgan fingerprint density at radius 1 is 1.20 bits per heavy atom. The van der Waals surface area contributed by atoms with E-state index >= 15 is 0 Å². The number of aromatic nitrogens is 2. The van der Waals surface area contributed by atoms with E-state index in [1.807, 2.05) is 30.3 Å². The lowest BCUT2D eigenvalue weighted by Gasteiger charge is -2.14. The number of carbonyl (C=O) groups is 1. The first-order chi connectivity index (χ1) is 12.0. The van der Waals surface area contributed by atoms with Gasteiger partial charge >= 0.3 is 5.69 Å². The number of nitrogens with zero attached hydrogens (tertiary/aromatic N) is 1. The third-order valence-electron chi connectivity index (χ3n) is 4.69. The summed E-state index contributed by atoms with van der Waals surface area (Å²) in [5.74, 6) is -0.400. The first-order valence-corrected chi connectivity index (χ1v) is 8.63. The number of aryl methyl sites for hydroxylation is 1. The molecule has 0 aliphatic rings. The van der Waals surface area contributed by atoms with Gasteiger partial charge in [0.2, 0.25) is 5.91 Å². The van der Waals surface area contributed by atoms with Gasteiger partial charge in [0, 0.05) is 12.6 Å². The van der Waals surface area contributed by atoms with Gasteiger partial charge in [-0.25, -0.2) is 4.79 Å². The van der Waals surface area contributed by atoms with E-state index in [0.717, 1.165) is 53.4 Å². The number of H-pyrrole nitrogens is 1. The number of primary amides is 1. The van der Waals surface area contributed by atoms with Crippen LogP contribution in [0, 0.1) is 0 Å². The predicted octanol–water partition coefficient (Wildman–Crippen LogP) is 3.37. The van der Waals surface area contributed by atoms with Crippen molar-refractivity contribution in [3.8, 4) is 11.1 Å². The summed E-state index contributed by atoms with van der Waals surface area (Å²) in [5.41, 5.74) is 10.7. The number of aromatic amines is 1. The highest BCUT2D eigenvalue weighted by Gasteiger charge is 2.14. The summed E-state index contributed by atoms with van der Waals surface area (Å²) < 4.78 is 1.59. The molecule has 0 spiro atoms. The summed E-state index contributed by atoms with van der Waals surface area (Å²) in [6.45, 7) is 2.15. The smallest absolute Gasteiger partial charge is 0.326 e. The lowest BCUT2D eigenvalue weighted by molar-refractivity contribution is 0.0999. The molecule has 0 fully saturated rings. The number of amides is 1. The molecule has 0 aliphatic heterocycles. The van der Waals surface area contributed by atoms with Crippen molar-refractivity contribution < 1.29 is 4.79 Å². The molecule has 1 amide bonds. The zero-order valence-corrected chi connectivity index (χ0v) is 14.6. The standard InChI is InChI=1S/C20H23N3O2/c1-3-4-5-7-15-14(8-6-9-16(15)19(21)24)13-10-11-17-18(12-13)23(2)20(25)22-17/h6,8-12H,3-5,7H2,1-2H3,(H2,21,24)(H,22,25). The van der Waals surface area contributed by atoms with E-state index in [4.69, 9.17) is 5.73 Å². The van der Waals surface area contributed by atoms with Gasteiger partial charge in [0.05, 0.1) is 11.0 Å². The van der Waals surface area contributed by atoms with Crippen LogP contribution in [0.4, 0.5) is 0 Å². The molecule has 2 aromatic carbocycles. The molecule has 0 aliphatic carbocycles. The van der Waals surface area contributed by atoms with E-state index in [1.165, 1.54) is 0 Å². The van der Waals surface area contributed by atoms with Crippen LogP contribution in [-0.2, 0) is 13.5 Å². The summed E-state index contributed by atoms with van der Waals surface area (Å²) >= 11 is 0. The van der Waals surface area contributed by atoms with Crippen molar-refractivity contribution in [3.05, 3.63) is 58.0 Å². The van der Waals surface area contributed by atoms with Crippen LogP contribution in [0.15, 0.2) is 41.2 Å². The maximum atomic E-state index is 11.9. The van der Waals surface area contributed by atoms with Crippen molar-refractivity contribution in [2.75, 3.05) is 0 Å². The molecule has 3 rings (SSSR count). The Morgan fingerprint density at radius 3 is 2.72 bits per heavy atom. The molecular weight excluding hydrogens is 314 g/mol. The van der Waals surface area contributed by atoms with Gasteiger partial charge in [-0.3, -0.25) is 9.36 Å². The molecule has 1 aromatic heterocycles. The number of rotatable bonds is 6. The molecule has 25 heavy (non-hydrogen) atoms. The molecule has 130 valence electrons. The Hall–Kier alpha value is -2.82. The van der Waals surface area contributed by atoms with Crippen molar-refractivity contribution in [3.63, 3.8) is 0 Å². The highest BCUT2D eigenvalue weighted by molar-refractivity contribution is 5.97. The van der Waals surface area contributed by atoms with Gasteiger partial charge in [-0.2, -0.15) is 0 Å². The second-order valence-corrected chi connectivity index (χ2v) is 6.37. The van der Waals surface area contributed by atoms with E-state index in [9.17, 15) is 9.59 Å². The number of unbranched alkanes of at least 4 members (excludes halogenated alkanes) is 2. The molecule has 0 atom stereocenters. The topological polar surface area (TPSA) is 80.9 Å². The van der Waals surface area contributed by atoms with Crippen LogP contribution in [0.5, 0.6) is 0 Å². The molecule has 0 radical (unpaired) electrons. The number of hydrogen-bond donors (Lipinski definition) is 2. The Labute approximate surface area is 146 Å². The number of nitrogens with two attached hydrogens (primary N) is 1. The van der Waals surface area contributed by atoms with E-state index < -0.39 is 5.91 Å². The van der Waals surface area contributed by atoms with Gasteiger partial charge in [0.25, 0.3) is 0 Å². The normalized spacial score (nSPS) is 11.1. The van der Waals surface area contributed by atoms with Gasteiger partial charge in [-0.05, 0) is 47.7 Å². The van der Waals surface area contributed by atoms with Crippen molar-refractivity contribution in [1.82, 2.24) is 9.55 Å². The molecule has 5 heteroatoms. The Balaban J connectivity index is 2.15. The lowest BCUT2D eigenvalue weighted by Crippen LogP contribution is -2.14. The third-order valence-corrected chi connectivity index (χ3v) is 4.69. The maximum absolute atomic E-state index is 11.9. The van der Waals surface area contributed by atoms with Crippen LogP contribution in [-0.4, -0.2) is 15.5 Å². The number of fused-ring (bicyclic) bond motifs is 1. The second-order valence-electron chi connectivity index (χ2n) is 6.37. The highest BCUT2D eigenvalue weighted by Crippen LogP contribution is 2.30. The van der Waals surface area contributed by atoms with Crippen molar-refractivity contribution in [2.24, 2.45) is 12.8 Å². The summed E-state index contributed by atoms with van der Waals surface area (Å²) in [4.78, 5) is 26.5. The summed E-state index contributed by atoms with van der Waals surface area (Å²) in [6.07, 6.45) is 4.05. The van der Waals surface area contributed by atoms with Gasteiger partial charge in [-0.1, -0.05) is 38.0 Å². The zero-order chi connectivity index (χ0) is 18.0. The van der Waals surface area contributed by atoms with Crippen LogP contribution < -0.4 is 11.4 Å². The fourth-order valence-electron chi connectivity index (χ4n) is 3.30. The van der Waals surface area contributed by atoms with Crippen LogP contribution in [0.2, 0.25) is 0 Å². The van der Waals surface area contributed by atoms with Gasteiger partial charge in [-0.15, -0.1) is 0 Å². The summed E-state index contributed by atoms with van der Waals surface area (Å²) in [5, 5.41) is 0. The van der Waals surface area contributed by atoms with Crippen LogP contribution in [0.3, 0.4) is 0 Å². The highest BCUT2D eigenvalue weighted by atomic mass is 16.1. The average Bonchev–Trinajstić information content (AvgIpc) is 2.89. The monoisotopic (exact) mass is 337 g/mol. The van der Waals surface area contributed by atoms with Crippen molar-refractivity contribution in [2.45, 2.75) is 32.6 Å². The number of imidazole rings is 1. The van der Waals surface area contributed by atoms with Gasteiger partial charge in [0.15, 0.2) is 0 Å². The van der Waals surface area contributed by atoms with Crippen molar-refractivity contribution >= 4 is 16.9 Å². The minimum Gasteiger partial charge on any atom is -0.366 e. The minimum absolute atomic E-state index is 0.138. The van der Waals surface area contributed by atoms with E-state index in [1.54, 1.807) is 17.7 Å². The number of benzene rings is 2.